The maximum Gasteiger partial charge on any atom is 0.317 e. The Hall–Kier alpha value is -2.17. The van der Waals surface area contributed by atoms with Crippen LogP contribution in [0, 0.1) is 0 Å². The van der Waals surface area contributed by atoms with E-state index < -0.39 is 10.0 Å². The van der Waals surface area contributed by atoms with E-state index in [0.29, 0.717) is 32.0 Å². The van der Waals surface area contributed by atoms with Crippen LogP contribution in [0.25, 0.3) is 0 Å². The molecule has 0 atom stereocenters. The van der Waals surface area contributed by atoms with Gasteiger partial charge in [0, 0.05) is 37.0 Å². The van der Waals surface area contributed by atoms with Crippen LogP contribution in [-0.4, -0.2) is 61.4 Å². The highest BCUT2D eigenvalue weighted by molar-refractivity contribution is 7.89. The molecule has 1 aliphatic heterocycles. The van der Waals surface area contributed by atoms with Crippen molar-refractivity contribution < 1.29 is 17.9 Å². The summed E-state index contributed by atoms with van der Waals surface area (Å²) in [6.45, 7) is 10.3. The molecule has 1 N–H and O–H groups in total. The van der Waals surface area contributed by atoms with Crippen molar-refractivity contribution in [1.29, 1.82) is 0 Å². The van der Waals surface area contributed by atoms with Crippen molar-refractivity contribution in [1.82, 2.24) is 19.5 Å². The number of aromatic nitrogens is 1. The highest BCUT2D eigenvalue weighted by Crippen LogP contribution is 2.25. The van der Waals surface area contributed by atoms with Gasteiger partial charge in [-0.15, -0.1) is 11.3 Å². The van der Waals surface area contributed by atoms with Crippen molar-refractivity contribution in [2.24, 2.45) is 0 Å². The first-order valence-electron chi connectivity index (χ1n) is 10.3. The molecule has 0 saturated carbocycles. The summed E-state index contributed by atoms with van der Waals surface area (Å²) in [4.78, 5) is 19.0. The molecule has 2 aromatic rings. The number of carbonyl (C=O) groups excluding carboxylic acids is 1. The summed E-state index contributed by atoms with van der Waals surface area (Å²) in [6, 6.07) is 6.22. The van der Waals surface area contributed by atoms with Crippen molar-refractivity contribution in [2.75, 3.05) is 32.8 Å². The van der Waals surface area contributed by atoms with Gasteiger partial charge < -0.3 is 15.0 Å². The van der Waals surface area contributed by atoms with Crippen LogP contribution in [0.3, 0.4) is 0 Å². The summed E-state index contributed by atoms with van der Waals surface area (Å²) in [5.74, 6) is 0.637. The second-order valence-electron chi connectivity index (χ2n) is 8.35. The fourth-order valence-corrected chi connectivity index (χ4v) is 5.50. The first-order chi connectivity index (χ1) is 14.6. The molecular formula is C21H30N4O4S2. The summed E-state index contributed by atoms with van der Waals surface area (Å²) >= 11 is 1.59. The van der Waals surface area contributed by atoms with E-state index in [0.717, 1.165) is 10.7 Å². The molecule has 170 valence electrons. The summed E-state index contributed by atoms with van der Waals surface area (Å²) in [7, 11) is -3.60. The zero-order chi connectivity index (χ0) is 22.6. The van der Waals surface area contributed by atoms with Gasteiger partial charge in [0.15, 0.2) is 0 Å². The fraction of sp³-hybridized carbons (Fsp3) is 0.524. The Bertz CT molecular complexity index is 989. The number of benzene rings is 1. The second-order valence-corrected chi connectivity index (χ2v) is 11.1. The average Bonchev–Trinajstić information content (AvgIpc) is 3.22. The molecule has 8 nitrogen and oxygen atoms in total. The lowest BCUT2D eigenvalue weighted by molar-refractivity contribution is 0.172. The molecule has 0 bridgehead atoms. The number of sulfonamides is 1. The quantitative estimate of drug-likeness (QED) is 0.706. The lowest BCUT2D eigenvalue weighted by Crippen LogP contribution is -2.52. The van der Waals surface area contributed by atoms with Gasteiger partial charge >= 0.3 is 6.03 Å². The van der Waals surface area contributed by atoms with E-state index in [1.807, 2.05) is 12.3 Å². The van der Waals surface area contributed by atoms with Crippen LogP contribution in [0.15, 0.2) is 34.5 Å². The molecule has 2 amide bonds. The van der Waals surface area contributed by atoms with Crippen molar-refractivity contribution >= 4 is 27.4 Å². The molecule has 0 radical (unpaired) electrons. The van der Waals surface area contributed by atoms with Crippen molar-refractivity contribution in [3.8, 4) is 5.75 Å². The maximum absolute atomic E-state index is 12.9. The standard InChI is InChI=1S/C21H30N4O4S2/c1-5-29-17-6-8-18(9-7-17)31(27,28)25-12-10-24(11-13-25)20(26)22-14-16-15-30-19(23-16)21(2,3)4/h6-9,15H,5,10-14H2,1-4H3,(H,22,26). The lowest BCUT2D eigenvalue weighted by Gasteiger charge is -2.34. The summed E-state index contributed by atoms with van der Waals surface area (Å²) in [5, 5.41) is 5.88. The number of nitrogens with zero attached hydrogens (tertiary/aromatic N) is 3. The Kier molecular flexibility index (Phi) is 7.23. The minimum Gasteiger partial charge on any atom is -0.494 e. The number of urea groups is 1. The molecule has 1 aromatic carbocycles. The van der Waals surface area contributed by atoms with E-state index in [9.17, 15) is 13.2 Å². The maximum atomic E-state index is 12.9. The molecule has 1 aliphatic rings. The third-order valence-corrected chi connectivity index (χ3v) is 8.14. The monoisotopic (exact) mass is 466 g/mol. The van der Waals surface area contributed by atoms with Crippen LogP contribution >= 0.6 is 11.3 Å². The molecule has 1 fully saturated rings. The summed E-state index contributed by atoms with van der Waals surface area (Å²) < 4.78 is 32.6. The molecular weight excluding hydrogens is 436 g/mol. The van der Waals surface area contributed by atoms with Crippen molar-refractivity contribution in [3.63, 3.8) is 0 Å². The van der Waals surface area contributed by atoms with Gasteiger partial charge in [-0.2, -0.15) is 4.31 Å². The Morgan fingerprint density at radius 2 is 1.81 bits per heavy atom. The minimum absolute atomic E-state index is 0.0158. The van der Waals surface area contributed by atoms with E-state index in [-0.39, 0.29) is 29.4 Å². The van der Waals surface area contributed by atoms with Gasteiger partial charge in [0.1, 0.15) is 5.75 Å². The molecule has 1 aromatic heterocycles. The van der Waals surface area contributed by atoms with Gasteiger partial charge in [-0.3, -0.25) is 0 Å². The number of thiazole rings is 1. The van der Waals surface area contributed by atoms with Gasteiger partial charge in [0.25, 0.3) is 0 Å². The summed E-state index contributed by atoms with van der Waals surface area (Å²) in [5.41, 5.74) is 0.818. The molecule has 31 heavy (non-hydrogen) atoms. The van der Waals surface area contributed by atoms with E-state index >= 15 is 0 Å². The second kappa shape index (κ2) is 9.54. The van der Waals surface area contributed by atoms with E-state index in [2.05, 4.69) is 31.1 Å². The number of amides is 2. The first kappa shape index (κ1) is 23.5. The predicted molar refractivity (Wildman–Crippen MR) is 121 cm³/mol. The highest BCUT2D eigenvalue weighted by Gasteiger charge is 2.30. The lowest BCUT2D eigenvalue weighted by atomic mass is 9.98. The van der Waals surface area contributed by atoms with Crippen LogP contribution in [-0.2, 0) is 22.0 Å². The number of rotatable bonds is 6. The number of piperazine rings is 1. The molecule has 0 aliphatic carbocycles. The molecule has 0 unspecified atom stereocenters. The Labute approximate surface area is 188 Å². The number of carbonyl (C=O) groups is 1. The van der Waals surface area contributed by atoms with E-state index in [4.69, 9.17) is 4.74 Å². The van der Waals surface area contributed by atoms with Crippen LogP contribution in [0.1, 0.15) is 38.4 Å². The summed E-state index contributed by atoms with van der Waals surface area (Å²) in [6.07, 6.45) is 0. The SMILES string of the molecule is CCOc1ccc(S(=O)(=O)N2CCN(C(=O)NCc3csc(C(C)(C)C)n3)CC2)cc1. The fourth-order valence-electron chi connectivity index (χ4n) is 3.17. The van der Waals surface area contributed by atoms with E-state index in [1.54, 1.807) is 40.5 Å². The molecule has 10 heteroatoms. The van der Waals surface area contributed by atoms with Gasteiger partial charge in [-0.05, 0) is 31.2 Å². The normalized spacial score (nSPS) is 15.7. The Balaban J connectivity index is 1.52. The van der Waals surface area contributed by atoms with Crippen LogP contribution < -0.4 is 10.1 Å². The Morgan fingerprint density at radius 3 is 2.35 bits per heavy atom. The Morgan fingerprint density at radius 1 is 1.16 bits per heavy atom. The van der Waals surface area contributed by atoms with Crippen LogP contribution in [0.4, 0.5) is 4.79 Å². The predicted octanol–water partition coefficient (Wildman–Crippen LogP) is 3.06. The zero-order valence-corrected chi connectivity index (χ0v) is 20.1. The average molecular weight is 467 g/mol. The van der Waals surface area contributed by atoms with Crippen molar-refractivity contribution in [3.05, 3.63) is 40.3 Å². The highest BCUT2D eigenvalue weighted by atomic mass is 32.2. The van der Waals surface area contributed by atoms with Crippen LogP contribution in [0.2, 0.25) is 0 Å². The van der Waals surface area contributed by atoms with Gasteiger partial charge in [0.2, 0.25) is 10.0 Å². The van der Waals surface area contributed by atoms with Gasteiger partial charge in [-0.1, -0.05) is 20.8 Å². The third-order valence-electron chi connectivity index (χ3n) is 4.91. The number of ether oxygens (including phenoxy) is 1. The molecule has 0 spiro atoms. The smallest absolute Gasteiger partial charge is 0.317 e. The van der Waals surface area contributed by atoms with E-state index in [1.165, 1.54) is 4.31 Å². The third kappa shape index (κ3) is 5.75. The number of hydrogen-bond acceptors (Lipinski definition) is 6. The number of hydrogen-bond donors (Lipinski definition) is 1. The van der Waals surface area contributed by atoms with Gasteiger partial charge in [0.05, 0.1) is 28.7 Å². The van der Waals surface area contributed by atoms with Crippen molar-refractivity contribution in [2.45, 2.75) is 44.6 Å². The first-order valence-corrected chi connectivity index (χ1v) is 12.6. The topological polar surface area (TPSA) is 91.8 Å². The molecule has 3 rings (SSSR count). The minimum atomic E-state index is -3.60. The molecule has 2 heterocycles. The van der Waals surface area contributed by atoms with Crippen LogP contribution in [0.5, 0.6) is 5.75 Å². The van der Waals surface area contributed by atoms with Gasteiger partial charge in [-0.25, -0.2) is 18.2 Å². The zero-order valence-electron chi connectivity index (χ0n) is 18.4. The largest absolute Gasteiger partial charge is 0.494 e. The molecule has 1 saturated heterocycles. The number of nitrogens with one attached hydrogen (secondary N) is 1.